The molecule has 2 rings (SSSR count). The normalized spacial score (nSPS) is 31.2. The summed E-state index contributed by atoms with van der Waals surface area (Å²) in [6.45, 7) is 6.95. The fraction of sp³-hybridized carbons (Fsp3) is 0.909. The number of hydrogen-bond acceptors (Lipinski definition) is 3. The molecular formula is C11H22ClN3O. The van der Waals surface area contributed by atoms with Gasteiger partial charge in [-0.05, 0) is 26.7 Å². The molecule has 2 aliphatic rings. The molecular weight excluding hydrogens is 226 g/mol. The van der Waals surface area contributed by atoms with Crippen LogP contribution in [0, 0.1) is 0 Å². The van der Waals surface area contributed by atoms with Gasteiger partial charge in [0.25, 0.3) is 0 Å². The second-order valence-corrected chi connectivity index (χ2v) is 4.97. The van der Waals surface area contributed by atoms with Crippen molar-refractivity contribution in [2.75, 3.05) is 19.6 Å². The summed E-state index contributed by atoms with van der Waals surface area (Å²) < 4.78 is 0. The van der Waals surface area contributed by atoms with Gasteiger partial charge in [0.15, 0.2) is 0 Å². The number of hydrogen-bond donors (Lipinski definition) is 1. The van der Waals surface area contributed by atoms with Crippen molar-refractivity contribution in [3.05, 3.63) is 0 Å². The van der Waals surface area contributed by atoms with E-state index in [1.165, 1.54) is 0 Å². The first kappa shape index (κ1) is 13.7. The van der Waals surface area contributed by atoms with Crippen LogP contribution in [-0.4, -0.2) is 53.5 Å². The lowest BCUT2D eigenvalue weighted by Crippen LogP contribution is -2.43. The number of amides is 1. The fourth-order valence-electron chi connectivity index (χ4n) is 2.64. The Morgan fingerprint density at radius 2 is 2.00 bits per heavy atom. The monoisotopic (exact) mass is 247 g/mol. The summed E-state index contributed by atoms with van der Waals surface area (Å²) in [4.78, 5) is 16.3. The molecule has 0 bridgehead atoms. The van der Waals surface area contributed by atoms with Gasteiger partial charge in [-0.1, -0.05) is 0 Å². The molecule has 0 spiro atoms. The van der Waals surface area contributed by atoms with E-state index in [1.54, 1.807) is 0 Å². The van der Waals surface area contributed by atoms with Crippen LogP contribution in [0.15, 0.2) is 0 Å². The van der Waals surface area contributed by atoms with Gasteiger partial charge in [-0.3, -0.25) is 9.69 Å². The Labute approximate surface area is 104 Å². The minimum absolute atomic E-state index is 0. The van der Waals surface area contributed by atoms with E-state index in [4.69, 9.17) is 5.73 Å². The molecule has 2 fully saturated rings. The summed E-state index contributed by atoms with van der Waals surface area (Å²) in [6.07, 6.45) is 2.01. The number of halogens is 1. The predicted octanol–water partition coefficient (Wildman–Crippen LogP) is 0.451. The molecule has 5 heteroatoms. The van der Waals surface area contributed by atoms with Crippen molar-refractivity contribution in [2.45, 2.75) is 44.8 Å². The van der Waals surface area contributed by atoms with E-state index in [9.17, 15) is 4.79 Å². The fourth-order valence-corrected chi connectivity index (χ4v) is 2.64. The van der Waals surface area contributed by atoms with Crippen LogP contribution in [0.2, 0.25) is 0 Å². The topological polar surface area (TPSA) is 49.6 Å². The molecule has 2 aliphatic heterocycles. The molecule has 0 aromatic rings. The standard InChI is InChI=1S/C11H21N3O.ClH/c1-8(2)14-6-4-10(11(14)15)13-5-3-9(12)7-13;/h8-10H,3-7,12H2,1-2H3;1H/t9-,10?;/m0./s1. The molecule has 94 valence electrons. The predicted molar refractivity (Wildman–Crippen MR) is 66.7 cm³/mol. The van der Waals surface area contributed by atoms with E-state index in [0.29, 0.717) is 11.9 Å². The Hall–Kier alpha value is -0.320. The first-order valence-electron chi connectivity index (χ1n) is 5.89. The van der Waals surface area contributed by atoms with Crippen molar-refractivity contribution in [2.24, 2.45) is 5.73 Å². The smallest absolute Gasteiger partial charge is 0.240 e. The Kier molecular flexibility index (Phi) is 4.59. The van der Waals surface area contributed by atoms with Gasteiger partial charge in [0.1, 0.15) is 0 Å². The third-order valence-corrected chi connectivity index (χ3v) is 3.53. The third kappa shape index (κ3) is 2.50. The molecule has 2 N–H and O–H groups in total. The summed E-state index contributed by atoms with van der Waals surface area (Å²) in [5.74, 6) is 0.305. The van der Waals surface area contributed by atoms with Gasteiger partial charge in [-0.15, -0.1) is 12.4 Å². The van der Waals surface area contributed by atoms with Crippen LogP contribution in [0.5, 0.6) is 0 Å². The molecule has 2 atom stereocenters. The second-order valence-electron chi connectivity index (χ2n) is 4.97. The molecule has 1 unspecified atom stereocenters. The van der Waals surface area contributed by atoms with E-state index in [-0.39, 0.29) is 24.5 Å². The van der Waals surface area contributed by atoms with Gasteiger partial charge in [0.05, 0.1) is 6.04 Å². The Bertz CT molecular complexity index is 260. The summed E-state index contributed by atoms with van der Waals surface area (Å²) in [7, 11) is 0. The second kappa shape index (κ2) is 5.34. The van der Waals surface area contributed by atoms with Crippen molar-refractivity contribution < 1.29 is 4.79 Å². The van der Waals surface area contributed by atoms with Gasteiger partial charge >= 0.3 is 0 Å². The Balaban J connectivity index is 0.00000128. The van der Waals surface area contributed by atoms with Crippen LogP contribution in [0.25, 0.3) is 0 Å². The highest BCUT2D eigenvalue weighted by Gasteiger charge is 2.38. The number of carbonyl (C=O) groups is 1. The van der Waals surface area contributed by atoms with Crippen LogP contribution < -0.4 is 5.73 Å². The number of rotatable bonds is 2. The van der Waals surface area contributed by atoms with Crippen molar-refractivity contribution >= 4 is 18.3 Å². The molecule has 2 saturated heterocycles. The first-order chi connectivity index (χ1) is 7.09. The molecule has 2 heterocycles. The quantitative estimate of drug-likeness (QED) is 0.771. The van der Waals surface area contributed by atoms with Crippen molar-refractivity contribution in [3.63, 3.8) is 0 Å². The zero-order valence-corrected chi connectivity index (χ0v) is 10.9. The molecule has 0 aromatic heterocycles. The minimum atomic E-state index is 0. The van der Waals surface area contributed by atoms with Crippen LogP contribution in [-0.2, 0) is 4.79 Å². The number of likely N-dealkylation sites (tertiary alicyclic amines) is 2. The molecule has 0 aliphatic carbocycles. The molecule has 1 amide bonds. The average molecular weight is 248 g/mol. The van der Waals surface area contributed by atoms with Crippen LogP contribution in [0.3, 0.4) is 0 Å². The lowest BCUT2D eigenvalue weighted by Gasteiger charge is -2.25. The van der Waals surface area contributed by atoms with Crippen LogP contribution >= 0.6 is 12.4 Å². The number of nitrogens with zero attached hydrogens (tertiary/aromatic N) is 2. The zero-order valence-electron chi connectivity index (χ0n) is 10.1. The van der Waals surface area contributed by atoms with Crippen molar-refractivity contribution in [1.29, 1.82) is 0 Å². The zero-order chi connectivity index (χ0) is 11.0. The summed E-state index contributed by atoms with van der Waals surface area (Å²) in [5, 5.41) is 0. The van der Waals surface area contributed by atoms with Gasteiger partial charge in [0, 0.05) is 31.7 Å². The highest BCUT2D eigenvalue weighted by Crippen LogP contribution is 2.22. The molecule has 4 nitrogen and oxygen atoms in total. The maximum absolute atomic E-state index is 12.1. The van der Waals surface area contributed by atoms with E-state index in [2.05, 4.69) is 18.7 Å². The lowest BCUT2D eigenvalue weighted by molar-refractivity contribution is -0.133. The molecule has 0 radical (unpaired) electrons. The van der Waals surface area contributed by atoms with E-state index in [0.717, 1.165) is 32.5 Å². The maximum Gasteiger partial charge on any atom is 0.240 e. The SMILES string of the molecule is CC(C)N1CCC(N2CC[C@H](N)C2)C1=O.Cl. The van der Waals surface area contributed by atoms with Gasteiger partial charge < -0.3 is 10.6 Å². The first-order valence-corrected chi connectivity index (χ1v) is 5.89. The van der Waals surface area contributed by atoms with Gasteiger partial charge in [0.2, 0.25) is 5.91 Å². The van der Waals surface area contributed by atoms with E-state index < -0.39 is 0 Å². The third-order valence-electron chi connectivity index (χ3n) is 3.53. The molecule has 0 aromatic carbocycles. The maximum atomic E-state index is 12.1. The summed E-state index contributed by atoms with van der Waals surface area (Å²) in [6, 6.07) is 0.714. The Morgan fingerprint density at radius 3 is 2.44 bits per heavy atom. The number of nitrogens with two attached hydrogens (primary N) is 1. The van der Waals surface area contributed by atoms with Gasteiger partial charge in [-0.25, -0.2) is 0 Å². The van der Waals surface area contributed by atoms with Crippen LogP contribution in [0.4, 0.5) is 0 Å². The van der Waals surface area contributed by atoms with E-state index >= 15 is 0 Å². The largest absolute Gasteiger partial charge is 0.339 e. The minimum Gasteiger partial charge on any atom is -0.339 e. The highest BCUT2D eigenvalue weighted by molar-refractivity contribution is 5.85. The van der Waals surface area contributed by atoms with Crippen molar-refractivity contribution in [3.8, 4) is 0 Å². The highest BCUT2D eigenvalue weighted by atomic mass is 35.5. The lowest BCUT2D eigenvalue weighted by atomic mass is 10.2. The number of carbonyl (C=O) groups excluding carboxylic acids is 1. The van der Waals surface area contributed by atoms with Gasteiger partial charge in [-0.2, -0.15) is 0 Å². The van der Waals surface area contributed by atoms with Crippen molar-refractivity contribution in [1.82, 2.24) is 9.80 Å². The van der Waals surface area contributed by atoms with E-state index in [1.807, 2.05) is 4.90 Å². The van der Waals surface area contributed by atoms with Crippen LogP contribution in [0.1, 0.15) is 26.7 Å². The summed E-state index contributed by atoms with van der Waals surface area (Å²) in [5.41, 5.74) is 5.87. The summed E-state index contributed by atoms with van der Waals surface area (Å²) >= 11 is 0. The Morgan fingerprint density at radius 1 is 1.31 bits per heavy atom. The molecule has 0 saturated carbocycles. The average Bonchev–Trinajstić information content (AvgIpc) is 2.71. The molecule has 16 heavy (non-hydrogen) atoms.